The number of aromatic nitrogens is 3. The molecule has 0 radical (unpaired) electrons. The third kappa shape index (κ3) is 3.50. The van der Waals surface area contributed by atoms with E-state index in [2.05, 4.69) is 10.3 Å². The van der Waals surface area contributed by atoms with Crippen LogP contribution in [0.4, 0.5) is 5.69 Å². The van der Waals surface area contributed by atoms with Crippen LogP contribution in [0.5, 0.6) is 5.75 Å². The van der Waals surface area contributed by atoms with Crippen molar-refractivity contribution in [3.63, 3.8) is 0 Å². The van der Waals surface area contributed by atoms with Gasteiger partial charge in [0, 0.05) is 22.7 Å². The van der Waals surface area contributed by atoms with Crippen molar-refractivity contribution in [2.75, 3.05) is 18.6 Å². The molecule has 2 heterocycles. The maximum Gasteiger partial charge on any atom is 0.280 e. The number of ether oxygens (including phenoxy) is 1. The molecule has 0 spiro atoms. The van der Waals surface area contributed by atoms with E-state index in [9.17, 15) is 4.79 Å². The SMILES string of the molecule is COc1ccc2c(c1)N(C(=O)c1cn(Cc3ccc(Cl)cc3Cl)nn1)CC2. The van der Waals surface area contributed by atoms with E-state index in [4.69, 9.17) is 27.9 Å². The molecule has 1 aromatic heterocycles. The molecular formula is C19H16Cl2N4O2. The second-order valence-corrected chi connectivity index (χ2v) is 7.08. The Morgan fingerprint density at radius 3 is 2.85 bits per heavy atom. The highest BCUT2D eigenvalue weighted by molar-refractivity contribution is 6.35. The Bertz CT molecular complexity index is 1020. The fraction of sp³-hybridized carbons (Fsp3) is 0.211. The summed E-state index contributed by atoms with van der Waals surface area (Å²) in [6.45, 7) is 1.01. The molecular weight excluding hydrogens is 387 g/mol. The van der Waals surface area contributed by atoms with Gasteiger partial charge in [0.2, 0.25) is 0 Å². The molecule has 0 aliphatic carbocycles. The number of carbonyl (C=O) groups excluding carboxylic acids is 1. The molecule has 1 aliphatic heterocycles. The average molecular weight is 403 g/mol. The molecule has 0 unspecified atom stereocenters. The number of amides is 1. The Hall–Kier alpha value is -2.57. The van der Waals surface area contributed by atoms with Gasteiger partial charge < -0.3 is 9.64 Å². The van der Waals surface area contributed by atoms with Gasteiger partial charge in [-0.2, -0.15) is 0 Å². The molecule has 0 bridgehead atoms. The number of anilines is 1. The number of halogens is 2. The molecule has 0 atom stereocenters. The molecule has 0 fully saturated rings. The van der Waals surface area contributed by atoms with Gasteiger partial charge in [0.25, 0.3) is 5.91 Å². The molecule has 3 aromatic rings. The maximum absolute atomic E-state index is 12.9. The van der Waals surface area contributed by atoms with Gasteiger partial charge in [-0.3, -0.25) is 4.79 Å². The highest BCUT2D eigenvalue weighted by Gasteiger charge is 2.27. The number of rotatable bonds is 4. The zero-order valence-corrected chi connectivity index (χ0v) is 16.0. The number of carbonyl (C=O) groups is 1. The second kappa shape index (κ2) is 7.21. The minimum absolute atomic E-state index is 0.185. The third-order valence-corrected chi connectivity index (χ3v) is 5.13. The Morgan fingerprint density at radius 1 is 1.22 bits per heavy atom. The fourth-order valence-electron chi connectivity index (χ4n) is 3.13. The zero-order chi connectivity index (χ0) is 19.0. The van der Waals surface area contributed by atoms with E-state index >= 15 is 0 Å². The molecule has 2 aromatic carbocycles. The zero-order valence-electron chi connectivity index (χ0n) is 14.5. The van der Waals surface area contributed by atoms with Gasteiger partial charge in [-0.1, -0.05) is 40.5 Å². The Labute approximate surface area is 166 Å². The van der Waals surface area contributed by atoms with E-state index in [1.54, 1.807) is 35.0 Å². The first-order valence-electron chi connectivity index (χ1n) is 8.38. The van der Waals surface area contributed by atoms with E-state index in [-0.39, 0.29) is 11.6 Å². The molecule has 27 heavy (non-hydrogen) atoms. The normalized spacial score (nSPS) is 12.9. The number of hydrogen-bond donors (Lipinski definition) is 0. The van der Waals surface area contributed by atoms with Gasteiger partial charge in [0.1, 0.15) is 5.75 Å². The summed E-state index contributed by atoms with van der Waals surface area (Å²) in [5, 5.41) is 9.22. The van der Waals surface area contributed by atoms with Gasteiger partial charge >= 0.3 is 0 Å². The lowest BCUT2D eigenvalue weighted by Crippen LogP contribution is -2.29. The van der Waals surface area contributed by atoms with E-state index in [1.807, 2.05) is 24.3 Å². The number of methoxy groups -OCH3 is 1. The van der Waals surface area contributed by atoms with Crippen molar-refractivity contribution in [3.05, 3.63) is 69.5 Å². The number of benzene rings is 2. The van der Waals surface area contributed by atoms with Crippen LogP contribution >= 0.6 is 23.2 Å². The first-order chi connectivity index (χ1) is 13.0. The molecule has 4 rings (SSSR count). The highest BCUT2D eigenvalue weighted by atomic mass is 35.5. The Morgan fingerprint density at radius 2 is 2.07 bits per heavy atom. The minimum Gasteiger partial charge on any atom is -0.497 e. The van der Waals surface area contributed by atoms with E-state index in [0.717, 1.165) is 29.0 Å². The molecule has 0 saturated heterocycles. The van der Waals surface area contributed by atoms with Gasteiger partial charge in [-0.25, -0.2) is 4.68 Å². The van der Waals surface area contributed by atoms with Crippen LogP contribution in [0.3, 0.4) is 0 Å². The molecule has 0 N–H and O–H groups in total. The van der Waals surface area contributed by atoms with Gasteiger partial charge in [-0.05, 0) is 35.7 Å². The number of hydrogen-bond acceptors (Lipinski definition) is 4. The van der Waals surface area contributed by atoms with Crippen LogP contribution < -0.4 is 9.64 Å². The smallest absolute Gasteiger partial charge is 0.280 e. The van der Waals surface area contributed by atoms with Crippen molar-refractivity contribution in [2.45, 2.75) is 13.0 Å². The van der Waals surface area contributed by atoms with Crippen molar-refractivity contribution in [1.29, 1.82) is 0 Å². The van der Waals surface area contributed by atoms with Crippen molar-refractivity contribution < 1.29 is 9.53 Å². The molecule has 1 aliphatic rings. The van der Waals surface area contributed by atoms with Crippen molar-refractivity contribution in [2.24, 2.45) is 0 Å². The highest BCUT2D eigenvalue weighted by Crippen LogP contribution is 2.32. The summed E-state index contributed by atoms with van der Waals surface area (Å²) >= 11 is 12.1. The van der Waals surface area contributed by atoms with E-state index < -0.39 is 0 Å². The van der Waals surface area contributed by atoms with Crippen LogP contribution in [0.1, 0.15) is 21.6 Å². The molecule has 0 saturated carbocycles. The summed E-state index contributed by atoms with van der Waals surface area (Å²) in [7, 11) is 1.61. The first-order valence-corrected chi connectivity index (χ1v) is 9.13. The van der Waals surface area contributed by atoms with Gasteiger partial charge in [-0.15, -0.1) is 5.10 Å². The molecule has 6 nitrogen and oxygen atoms in total. The minimum atomic E-state index is -0.185. The van der Waals surface area contributed by atoms with Crippen molar-refractivity contribution in [1.82, 2.24) is 15.0 Å². The summed E-state index contributed by atoms with van der Waals surface area (Å²) in [5.74, 6) is 0.532. The van der Waals surface area contributed by atoms with Crippen LogP contribution in [0.25, 0.3) is 0 Å². The molecule has 8 heteroatoms. The van der Waals surface area contributed by atoms with Gasteiger partial charge in [0.15, 0.2) is 5.69 Å². The fourth-order valence-corrected chi connectivity index (χ4v) is 3.60. The first kappa shape index (κ1) is 17.8. The summed E-state index contributed by atoms with van der Waals surface area (Å²) in [6.07, 6.45) is 2.44. The predicted octanol–water partition coefficient (Wildman–Crippen LogP) is 3.84. The summed E-state index contributed by atoms with van der Waals surface area (Å²) in [4.78, 5) is 14.6. The van der Waals surface area contributed by atoms with Gasteiger partial charge in [0.05, 0.1) is 25.5 Å². The van der Waals surface area contributed by atoms with Crippen molar-refractivity contribution in [3.8, 4) is 5.75 Å². The van der Waals surface area contributed by atoms with Crippen LogP contribution in [0.2, 0.25) is 10.0 Å². The second-order valence-electron chi connectivity index (χ2n) is 6.24. The lowest BCUT2D eigenvalue weighted by atomic mass is 10.1. The molecule has 1 amide bonds. The Balaban J connectivity index is 1.55. The van der Waals surface area contributed by atoms with E-state index in [0.29, 0.717) is 23.1 Å². The topological polar surface area (TPSA) is 60.2 Å². The average Bonchev–Trinajstić information content (AvgIpc) is 3.30. The summed E-state index contributed by atoms with van der Waals surface area (Å²) < 4.78 is 6.86. The monoisotopic (exact) mass is 402 g/mol. The standard InChI is InChI=1S/C19H16Cl2N4O2/c1-27-15-5-3-12-6-7-25(18(12)9-15)19(26)17-11-24(23-22-17)10-13-2-4-14(20)8-16(13)21/h2-5,8-9,11H,6-7,10H2,1H3. The maximum atomic E-state index is 12.9. The van der Waals surface area contributed by atoms with Crippen LogP contribution in [0, 0.1) is 0 Å². The van der Waals surface area contributed by atoms with Crippen LogP contribution in [-0.4, -0.2) is 34.6 Å². The number of fused-ring (bicyclic) bond motifs is 1. The largest absolute Gasteiger partial charge is 0.497 e. The summed E-state index contributed by atoms with van der Waals surface area (Å²) in [5.41, 5.74) is 3.11. The lowest BCUT2D eigenvalue weighted by Gasteiger charge is -2.16. The summed E-state index contributed by atoms with van der Waals surface area (Å²) in [6, 6.07) is 11.0. The quantitative estimate of drug-likeness (QED) is 0.664. The van der Waals surface area contributed by atoms with Crippen LogP contribution in [-0.2, 0) is 13.0 Å². The predicted molar refractivity (Wildman–Crippen MR) is 104 cm³/mol. The molecule has 138 valence electrons. The van der Waals surface area contributed by atoms with Crippen LogP contribution in [0.15, 0.2) is 42.6 Å². The van der Waals surface area contributed by atoms with E-state index in [1.165, 1.54) is 0 Å². The number of nitrogens with zero attached hydrogens (tertiary/aromatic N) is 4. The lowest BCUT2D eigenvalue weighted by molar-refractivity contribution is 0.0984. The third-order valence-electron chi connectivity index (χ3n) is 4.54. The Kier molecular flexibility index (Phi) is 4.76. The van der Waals surface area contributed by atoms with Crippen molar-refractivity contribution >= 4 is 34.8 Å².